The van der Waals surface area contributed by atoms with E-state index in [-0.39, 0.29) is 17.6 Å². The maximum atomic E-state index is 11.5. The highest BCUT2D eigenvalue weighted by atomic mass is 16.5. The molecule has 0 radical (unpaired) electrons. The zero-order chi connectivity index (χ0) is 13.0. The molecule has 1 aliphatic carbocycles. The van der Waals surface area contributed by atoms with Crippen molar-refractivity contribution < 1.29 is 9.53 Å². The van der Waals surface area contributed by atoms with E-state index in [1.165, 1.54) is 32.1 Å². The van der Waals surface area contributed by atoms with E-state index in [2.05, 4.69) is 10.6 Å². The molecule has 4 nitrogen and oxygen atoms in total. The molecule has 1 unspecified atom stereocenters. The van der Waals surface area contributed by atoms with Gasteiger partial charge in [0, 0.05) is 12.6 Å². The number of hydrogen-bond acceptors (Lipinski definition) is 3. The van der Waals surface area contributed by atoms with Crippen molar-refractivity contribution in [2.75, 3.05) is 13.1 Å². The van der Waals surface area contributed by atoms with Crippen LogP contribution in [0.3, 0.4) is 0 Å². The van der Waals surface area contributed by atoms with Crippen LogP contribution in [-0.4, -0.2) is 36.7 Å². The fourth-order valence-corrected chi connectivity index (χ4v) is 3.15. The Morgan fingerprint density at radius 3 is 2.72 bits per heavy atom. The van der Waals surface area contributed by atoms with Crippen molar-refractivity contribution in [1.82, 2.24) is 10.6 Å². The molecule has 2 rings (SSSR count). The number of amides is 1. The van der Waals surface area contributed by atoms with Crippen molar-refractivity contribution in [3.63, 3.8) is 0 Å². The first-order valence-corrected chi connectivity index (χ1v) is 7.28. The molecule has 0 aromatic heterocycles. The number of carbonyl (C=O) groups is 1. The number of carbonyl (C=O) groups excluding carboxylic acids is 1. The minimum atomic E-state index is 0.0681. The highest BCUT2D eigenvalue weighted by Crippen LogP contribution is 2.42. The summed E-state index contributed by atoms with van der Waals surface area (Å²) in [4.78, 5) is 11.5. The van der Waals surface area contributed by atoms with E-state index in [9.17, 15) is 4.79 Å². The Morgan fingerprint density at radius 2 is 2.06 bits per heavy atom. The number of hydrogen-bond donors (Lipinski definition) is 2. The fraction of sp³-hybridized carbons (Fsp3) is 0.929. The Balaban J connectivity index is 1.62. The molecule has 104 valence electrons. The molecule has 1 spiro atoms. The van der Waals surface area contributed by atoms with Crippen LogP contribution < -0.4 is 10.6 Å². The third-order valence-corrected chi connectivity index (χ3v) is 3.96. The number of rotatable bonds is 5. The second-order valence-electron chi connectivity index (χ2n) is 6.02. The highest BCUT2D eigenvalue weighted by Gasteiger charge is 2.41. The van der Waals surface area contributed by atoms with E-state index in [0.29, 0.717) is 12.6 Å². The van der Waals surface area contributed by atoms with Crippen LogP contribution in [0.15, 0.2) is 0 Å². The van der Waals surface area contributed by atoms with Crippen LogP contribution in [-0.2, 0) is 9.53 Å². The predicted octanol–water partition coefficient (Wildman–Crippen LogP) is 1.59. The van der Waals surface area contributed by atoms with Gasteiger partial charge in [-0.05, 0) is 39.5 Å². The molecule has 0 aromatic rings. The lowest BCUT2D eigenvalue weighted by Crippen LogP contribution is -2.40. The molecule has 1 atom stereocenters. The molecule has 2 aliphatic rings. The first-order chi connectivity index (χ1) is 8.60. The predicted molar refractivity (Wildman–Crippen MR) is 71.5 cm³/mol. The standard InChI is InChI=1S/C14H26N2O2/c1-11(2)16-13(17)10-15-9-12-5-8-14(18-12)6-3-4-7-14/h11-12,15H,3-10H2,1-2H3,(H,16,17). The Morgan fingerprint density at radius 1 is 1.33 bits per heavy atom. The fourth-order valence-electron chi connectivity index (χ4n) is 3.15. The normalized spacial score (nSPS) is 26.1. The summed E-state index contributed by atoms with van der Waals surface area (Å²) in [6, 6.07) is 0.212. The summed E-state index contributed by atoms with van der Waals surface area (Å²) in [5, 5.41) is 6.08. The summed E-state index contributed by atoms with van der Waals surface area (Å²) in [6.45, 7) is 5.14. The Labute approximate surface area is 110 Å². The highest BCUT2D eigenvalue weighted by molar-refractivity contribution is 5.78. The average molecular weight is 254 g/mol. The minimum Gasteiger partial charge on any atom is -0.370 e. The van der Waals surface area contributed by atoms with Gasteiger partial charge in [0.2, 0.25) is 5.91 Å². The first-order valence-electron chi connectivity index (χ1n) is 7.28. The molecular formula is C14H26N2O2. The first kappa shape index (κ1) is 13.8. The summed E-state index contributed by atoms with van der Waals surface area (Å²) < 4.78 is 6.18. The second-order valence-corrected chi connectivity index (χ2v) is 6.02. The van der Waals surface area contributed by atoms with E-state index < -0.39 is 0 Å². The van der Waals surface area contributed by atoms with Crippen molar-refractivity contribution in [2.24, 2.45) is 0 Å². The molecule has 4 heteroatoms. The maximum absolute atomic E-state index is 11.5. The topological polar surface area (TPSA) is 50.4 Å². The van der Waals surface area contributed by atoms with Crippen LogP contribution in [0.1, 0.15) is 52.4 Å². The molecule has 1 saturated heterocycles. The molecular weight excluding hydrogens is 228 g/mol. The SMILES string of the molecule is CC(C)NC(=O)CNCC1CCC2(CCCC2)O1. The zero-order valence-corrected chi connectivity index (χ0v) is 11.6. The van der Waals surface area contributed by atoms with Gasteiger partial charge >= 0.3 is 0 Å². The summed E-state index contributed by atoms with van der Waals surface area (Å²) in [7, 11) is 0. The summed E-state index contributed by atoms with van der Waals surface area (Å²) in [5.41, 5.74) is 0.201. The van der Waals surface area contributed by atoms with Crippen LogP contribution in [0.2, 0.25) is 0 Å². The smallest absolute Gasteiger partial charge is 0.234 e. The molecule has 0 bridgehead atoms. The molecule has 2 N–H and O–H groups in total. The van der Waals surface area contributed by atoms with Gasteiger partial charge in [0.05, 0.1) is 18.2 Å². The quantitative estimate of drug-likeness (QED) is 0.783. The number of ether oxygens (including phenoxy) is 1. The van der Waals surface area contributed by atoms with Gasteiger partial charge in [0.1, 0.15) is 0 Å². The summed E-state index contributed by atoms with van der Waals surface area (Å²) >= 11 is 0. The van der Waals surface area contributed by atoms with E-state index in [1.54, 1.807) is 0 Å². The maximum Gasteiger partial charge on any atom is 0.234 e. The van der Waals surface area contributed by atoms with Gasteiger partial charge in [-0.25, -0.2) is 0 Å². The van der Waals surface area contributed by atoms with Crippen LogP contribution in [0.4, 0.5) is 0 Å². The third kappa shape index (κ3) is 3.69. The molecule has 1 heterocycles. The van der Waals surface area contributed by atoms with Crippen molar-refractivity contribution in [3.05, 3.63) is 0 Å². The van der Waals surface area contributed by atoms with Gasteiger partial charge in [-0.15, -0.1) is 0 Å². The lowest BCUT2D eigenvalue weighted by Gasteiger charge is -2.23. The second kappa shape index (κ2) is 6.02. The van der Waals surface area contributed by atoms with Crippen LogP contribution in [0.25, 0.3) is 0 Å². The molecule has 1 saturated carbocycles. The van der Waals surface area contributed by atoms with Crippen molar-refractivity contribution >= 4 is 5.91 Å². The van der Waals surface area contributed by atoms with Gasteiger partial charge in [0.25, 0.3) is 0 Å². The molecule has 1 aliphatic heterocycles. The summed E-state index contributed by atoms with van der Waals surface area (Å²) in [5.74, 6) is 0.0681. The van der Waals surface area contributed by atoms with E-state index in [0.717, 1.165) is 13.0 Å². The molecule has 2 fully saturated rings. The zero-order valence-electron chi connectivity index (χ0n) is 11.6. The third-order valence-electron chi connectivity index (χ3n) is 3.96. The van der Waals surface area contributed by atoms with E-state index >= 15 is 0 Å². The lowest BCUT2D eigenvalue weighted by atomic mass is 9.98. The Bertz CT molecular complexity index is 286. The number of nitrogens with one attached hydrogen (secondary N) is 2. The van der Waals surface area contributed by atoms with E-state index in [4.69, 9.17) is 4.74 Å². The average Bonchev–Trinajstić information content (AvgIpc) is 2.89. The molecule has 0 aromatic carbocycles. The van der Waals surface area contributed by atoms with Crippen LogP contribution >= 0.6 is 0 Å². The Hall–Kier alpha value is -0.610. The van der Waals surface area contributed by atoms with Gasteiger partial charge < -0.3 is 15.4 Å². The van der Waals surface area contributed by atoms with Gasteiger partial charge in [-0.2, -0.15) is 0 Å². The minimum absolute atomic E-state index is 0.0681. The Kier molecular flexibility index (Phi) is 4.62. The van der Waals surface area contributed by atoms with Crippen molar-refractivity contribution in [3.8, 4) is 0 Å². The molecule has 18 heavy (non-hydrogen) atoms. The van der Waals surface area contributed by atoms with Gasteiger partial charge in [0.15, 0.2) is 0 Å². The summed E-state index contributed by atoms with van der Waals surface area (Å²) in [6.07, 6.45) is 7.74. The lowest BCUT2D eigenvalue weighted by molar-refractivity contribution is -0.120. The van der Waals surface area contributed by atoms with Crippen LogP contribution in [0, 0.1) is 0 Å². The monoisotopic (exact) mass is 254 g/mol. The van der Waals surface area contributed by atoms with Crippen molar-refractivity contribution in [1.29, 1.82) is 0 Å². The van der Waals surface area contributed by atoms with E-state index in [1.807, 2.05) is 13.8 Å². The van der Waals surface area contributed by atoms with Crippen molar-refractivity contribution in [2.45, 2.75) is 70.1 Å². The largest absolute Gasteiger partial charge is 0.370 e. The van der Waals surface area contributed by atoms with Gasteiger partial charge in [-0.1, -0.05) is 12.8 Å². The van der Waals surface area contributed by atoms with Gasteiger partial charge in [-0.3, -0.25) is 4.79 Å². The molecule has 1 amide bonds. The van der Waals surface area contributed by atoms with Crippen LogP contribution in [0.5, 0.6) is 0 Å².